The molecule has 0 heterocycles. The van der Waals surface area contributed by atoms with Gasteiger partial charge in [0.25, 0.3) is 0 Å². The Bertz CT molecular complexity index is 284. The zero-order chi connectivity index (χ0) is 8.97. The Morgan fingerprint density at radius 1 is 1.58 bits per heavy atom. The molecular weight excluding hydrogens is 159 g/mol. The number of hydrogen-bond donors (Lipinski definition) is 0. The minimum atomic E-state index is -0.620. The molecule has 1 aromatic carbocycles. The van der Waals surface area contributed by atoms with E-state index < -0.39 is 6.67 Å². The van der Waals surface area contributed by atoms with Crippen molar-refractivity contribution in [2.75, 3.05) is 7.11 Å². The van der Waals surface area contributed by atoms with Crippen LogP contribution in [-0.4, -0.2) is 13.4 Å². The van der Waals surface area contributed by atoms with Gasteiger partial charge in [0.2, 0.25) is 0 Å². The third kappa shape index (κ3) is 1.61. The van der Waals surface area contributed by atoms with Crippen LogP contribution < -0.4 is 4.74 Å². The van der Waals surface area contributed by atoms with Crippen molar-refractivity contribution < 1.29 is 13.9 Å². The summed E-state index contributed by atoms with van der Waals surface area (Å²) in [4.78, 5) is 10.3. The fourth-order valence-corrected chi connectivity index (χ4v) is 0.976. The lowest BCUT2D eigenvalue weighted by atomic mass is 10.1. The summed E-state index contributed by atoms with van der Waals surface area (Å²) in [6, 6.07) is 4.65. The lowest BCUT2D eigenvalue weighted by molar-refractivity contribution is 0.112. The number of carbonyl (C=O) groups excluding carboxylic acids is 1. The van der Waals surface area contributed by atoms with Crippen molar-refractivity contribution >= 4 is 6.29 Å². The van der Waals surface area contributed by atoms with Crippen molar-refractivity contribution in [2.24, 2.45) is 0 Å². The average Bonchev–Trinajstić information content (AvgIpc) is 2.16. The zero-order valence-corrected chi connectivity index (χ0v) is 6.71. The predicted octanol–water partition coefficient (Wildman–Crippen LogP) is 1.98. The van der Waals surface area contributed by atoms with Crippen LogP contribution in [-0.2, 0) is 6.67 Å². The maximum absolute atomic E-state index is 12.3. The molecule has 0 saturated carbocycles. The van der Waals surface area contributed by atoms with Crippen LogP contribution in [0.15, 0.2) is 18.2 Å². The van der Waals surface area contributed by atoms with Crippen LogP contribution >= 0.6 is 0 Å². The number of ether oxygens (including phenoxy) is 1. The fourth-order valence-electron chi connectivity index (χ4n) is 0.976. The molecular formula is C9H9FO2. The summed E-state index contributed by atoms with van der Waals surface area (Å²) in [7, 11) is 1.47. The van der Waals surface area contributed by atoms with E-state index in [0.29, 0.717) is 23.2 Å². The van der Waals surface area contributed by atoms with Gasteiger partial charge < -0.3 is 4.74 Å². The first kappa shape index (κ1) is 8.71. The summed E-state index contributed by atoms with van der Waals surface area (Å²) in [6.07, 6.45) is 0.679. The number of hydrogen-bond acceptors (Lipinski definition) is 2. The molecule has 12 heavy (non-hydrogen) atoms. The Labute approximate surface area is 70.0 Å². The van der Waals surface area contributed by atoms with Crippen LogP contribution in [0.2, 0.25) is 0 Å². The van der Waals surface area contributed by atoms with Crippen LogP contribution in [0.4, 0.5) is 4.39 Å². The lowest BCUT2D eigenvalue weighted by Crippen LogP contribution is -1.91. The molecule has 0 N–H and O–H groups in total. The van der Waals surface area contributed by atoms with Crippen molar-refractivity contribution in [3.8, 4) is 5.75 Å². The number of benzene rings is 1. The summed E-state index contributed by atoms with van der Waals surface area (Å²) in [5.74, 6) is 0.475. The minimum Gasteiger partial charge on any atom is -0.496 e. The number of halogens is 1. The molecule has 0 aromatic heterocycles. The van der Waals surface area contributed by atoms with E-state index in [-0.39, 0.29) is 0 Å². The summed E-state index contributed by atoms with van der Waals surface area (Å²) >= 11 is 0. The number of methoxy groups -OCH3 is 1. The second-order valence-corrected chi connectivity index (χ2v) is 2.32. The summed E-state index contributed by atoms with van der Waals surface area (Å²) < 4.78 is 17.2. The maximum Gasteiger partial charge on any atom is 0.150 e. The summed E-state index contributed by atoms with van der Waals surface area (Å²) in [6.45, 7) is -0.620. The van der Waals surface area contributed by atoms with Crippen molar-refractivity contribution in [3.63, 3.8) is 0 Å². The van der Waals surface area contributed by atoms with Crippen LogP contribution in [0.25, 0.3) is 0 Å². The molecule has 1 aromatic rings. The van der Waals surface area contributed by atoms with E-state index in [1.807, 2.05) is 0 Å². The van der Waals surface area contributed by atoms with E-state index in [4.69, 9.17) is 4.74 Å². The molecule has 0 aliphatic rings. The van der Waals surface area contributed by atoms with Crippen molar-refractivity contribution in [2.45, 2.75) is 6.67 Å². The molecule has 3 heteroatoms. The molecule has 0 radical (unpaired) electrons. The van der Waals surface area contributed by atoms with Gasteiger partial charge in [-0.15, -0.1) is 0 Å². The highest BCUT2D eigenvalue weighted by molar-refractivity contribution is 5.75. The van der Waals surface area contributed by atoms with Gasteiger partial charge in [-0.25, -0.2) is 4.39 Å². The molecule has 0 aliphatic heterocycles. The normalized spacial score (nSPS) is 9.50. The van der Waals surface area contributed by atoms with Gasteiger partial charge in [0, 0.05) is 11.1 Å². The first-order valence-electron chi connectivity index (χ1n) is 3.50. The molecule has 0 saturated heterocycles. The van der Waals surface area contributed by atoms with Crippen molar-refractivity contribution in [1.29, 1.82) is 0 Å². The van der Waals surface area contributed by atoms with Gasteiger partial charge in [-0.05, 0) is 18.2 Å². The standard InChI is InChI=1S/C9H9FO2/c1-12-9-3-2-7(6-11)4-8(9)5-10/h2-4,6H,5H2,1H3. The molecule has 0 spiro atoms. The van der Waals surface area contributed by atoms with E-state index in [0.717, 1.165) is 0 Å². The van der Waals surface area contributed by atoms with E-state index in [2.05, 4.69) is 0 Å². The monoisotopic (exact) mass is 168 g/mol. The summed E-state index contributed by atoms with van der Waals surface area (Å²) in [5, 5.41) is 0. The third-order valence-electron chi connectivity index (χ3n) is 1.58. The van der Waals surface area contributed by atoms with Gasteiger partial charge >= 0.3 is 0 Å². The molecule has 1 rings (SSSR count). The van der Waals surface area contributed by atoms with E-state index in [1.165, 1.54) is 13.2 Å². The molecule has 0 bridgehead atoms. The van der Waals surface area contributed by atoms with Gasteiger partial charge in [-0.2, -0.15) is 0 Å². The second kappa shape index (κ2) is 3.85. The van der Waals surface area contributed by atoms with Crippen molar-refractivity contribution in [3.05, 3.63) is 29.3 Å². The average molecular weight is 168 g/mol. The van der Waals surface area contributed by atoms with E-state index >= 15 is 0 Å². The van der Waals surface area contributed by atoms with Crippen LogP contribution in [0.1, 0.15) is 15.9 Å². The number of carbonyl (C=O) groups is 1. The Morgan fingerprint density at radius 3 is 2.83 bits per heavy atom. The van der Waals surface area contributed by atoms with E-state index in [1.54, 1.807) is 12.1 Å². The first-order valence-corrected chi connectivity index (χ1v) is 3.50. The molecule has 0 aliphatic carbocycles. The van der Waals surface area contributed by atoms with Crippen LogP contribution in [0.5, 0.6) is 5.75 Å². The van der Waals surface area contributed by atoms with Gasteiger partial charge in [0.05, 0.1) is 7.11 Å². The molecule has 2 nitrogen and oxygen atoms in total. The molecule has 0 atom stereocenters. The highest BCUT2D eigenvalue weighted by Gasteiger charge is 2.02. The highest BCUT2D eigenvalue weighted by Crippen LogP contribution is 2.19. The predicted molar refractivity (Wildman–Crippen MR) is 43.2 cm³/mol. The zero-order valence-electron chi connectivity index (χ0n) is 6.71. The SMILES string of the molecule is COc1ccc(C=O)cc1CF. The molecule has 0 unspecified atom stereocenters. The van der Waals surface area contributed by atoms with Gasteiger partial charge in [0.15, 0.2) is 0 Å². The smallest absolute Gasteiger partial charge is 0.150 e. The molecule has 64 valence electrons. The van der Waals surface area contributed by atoms with Gasteiger partial charge in [-0.3, -0.25) is 4.79 Å². The largest absolute Gasteiger partial charge is 0.496 e. The Hall–Kier alpha value is -1.38. The quantitative estimate of drug-likeness (QED) is 0.645. The number of alkyl halides is 1. The number of aldehydes is 1. The highest BCUT2D eigenvalue weighted by atomic mass is 19.1. The Balaban J connectivity index is 3.10. The maximum atomic E-state index is 12.3. The third-order valence-corrected chi connectivity index (χ3v) is 1.58. The molecule has 0 fully saturated rings. The molecule has 0 amide bonds. The first-order chi connectivity index (χ1) is 5.81. The number of rotatable bonds is 3. The minimum absolute atomic E-state index is 0.405. The Kier molecular flexibility index (Phi) is 2.80. The fraction of sp³-hybridized carbons (Fsp3) is 0.222. The van der Waals surface area contributed by atoms with Gasteiger partial charge in [-0.1, -0.05) is 0 Å². The van der Waals surface area contributed by atoms with Crippen LogP contribution in [0.3, 0.4) is 0 Å². The van der Waals surface area contributed by atoms with Crippen molar-refractivity contribution in [1.82, 2.24) is 0 Å². The topological polar surface area (TPSA) is 26.3 Å². The Morgan fingerprint density at radius 2 is 2.33 bits per heavy atom. The van der Waals surface area contributed by atoms with E-state index in [9.17, 15) is 9.18 Å². The van der Waals surface area contributed by atoms with Crippen LogP contribution in [0, 0.1) is 0 Å². The summed E-state index contributed by atoms with van der Waals surface area (Å²) in [5.41, 5.74) is 0.866. The van der Waals surface area contributed by atoms with Gasteiger partial charge in [0.1, 0.15) is 18.7 Å². The second-order valence-electron chi connectivity index (χ2n) is 2.32. The lowest BCUT2D eigenvalue weighted by Gasteiger charge is -2.04.